The third kappa shape index (κ3) is 2.55. The molecule has 4 heterocycles. The molecule has 1 fully saturated rings. The standard InChI is InChI=1S/C17H20N6/c1-12-11-22(10-9-19-12)16-4-3-15-20-13(2)17(23(15)21-16)14-5-7-18-8-6-14/h3-8,12,19H,9-11H2,1-2H3/t12-/m1/s1. The lowest BCUT2D eigenvalue weighted by Crippen LogP contribution is -2.49. The summed E-state index contributed by atoms with van der Waals surface area (Å²) in [4.78, 5) is 11.1. The number of aromatic nitrogens is 4. The topological polar surface area (TPSA) is 58.4 Å². The van der Waals surface area contributed by atoms with Crippen LogP contribution in [-0.4, -0.2) is 45.3 Å². The van der Waals surface area contributed by atoms with Crippen molar-refractivity contribution in [1.29, 1.82) is 0 Å². The van der Waals surface area contributed by atoms with Gasteiger partial charge in [-0.15, -0.1) is 5.10 Å². The van der Waals surface area contributed by atoms with E-state index in [1.54, 1.807) is 12.4 Å². The fourth-order valence-electron chi connectivity index (χ4n) is 3.18. The van der Waals surface area contributed by atoms with Crippen molar-refractivity contribution in [2.24, 2.45) is 0 Å². The maximum absolute atomic E-state index is 4.86. The predicted octanol–water partition coefficient (Wildman–Crippen LogP) is 1.90. The van der Waals surface area contributed by atoms with Crippen molar-refractivity contribution in [1.82, 2.24) is 24.9 Å². The minimum atomic E-state index is 0.477. The van der Waals surface area contributed by atoms with Crippen LogP contribution in [0.5, 0.6) is 0 Å². The number of nitrogens with zero attached hydrogens (tertiary/aromatic N) is 5. The van der Waals surface area contributed by atoms with Crippen molar-refractivity contribution in [3.63, 3.8) is 0 Å². The van der Waals surface area contributed by atoms with Gasteiger partial charge in [0.2, 0.25) is 0 Å². The first kappa shape index (κ1) is 14.1. The van der Waals surface area contributed by atoms with E-state index < -0.39 is 0 Å². The average Bonchev–Trinajstić information content (AvgIpc) is 2.90. The second kappa shape index (κ2) is 5.62. The smallest absolute Gasteiger partial charge is 0.154 e. The van der Waals surface area contributed by atoms with Crippen LogP contribution in [0.4, 0.5) is 5.82 Å². The molecular weight excluding hydrogens is 288 g/mol. The van der Waals surface area contributed by atoms with Gasteiger partial charge in [-0.25, -0.2) is 9.50 Å². The summed E-state index contributed by atoms with van der Waals surface area (Å²) < 4.78 is 1.95. The number of piperazine rings is 1. The highest BCUT2D eigenvalue weighted by atomic mass is 15.3. The Hall–Kier alpha value is -2.47. The first-order valence-electron chi connectivity index (χ1n) is 7.97. The number of rotatable bonds is 2. The molecule has 0 saturated carbocycles. The number of hydrogen-bond donors (Lipinski definition) is 1. The number of anilines is 1. The van der Waals surface area contributed by atoms with Gasteiger partial charge in [-0.2, -0.15) is 0 Å². The summed E-state index contributed by atoms with van der Waals surface area (Å²) in [5, 5.41) is 8.33. The van der Waals surface area contributed by atoms with Crippen molar-refractivity contribution in [3.05, 3.63) is 42.4 Å². The van der Waals surface area contributed by atoms with Gasteiger partial charge in [0.1, 0.15) is 5.82 Å². The van der Waals surface area contributed by atoms with Crippen molar-refractivity contribution in [3.8, 4) is 11.3 Å². The summed E-state index contributed by atoms with van der Waals surface area (Å²) in [6.07, 6.45) is 3.60. The molecule has 0 spiro atoms. The Morgan fingerprint density at radius 2 is 2.00 bits per heavy atom. The average molecular weight is 308 g/mol. The van der Waals surface area contributed by atoms with E-state index in [2.05, 4.69) is 33.2 Å². The Bertz CT molecular complexity index is 826. The molecule has 0 bridgehead atoms. The molecule has 1 atom stereocenters. The SMILES string of the molecule is Cc1nc2ccc(N3CCN[C@H](C)C3)nn2c1-c1ccncc1. The molecule has 3 aromatic rings. The van der Waals surface area contributed by atoms with Crippen LogP contribution in [-0.2, 0) is 0 Å². The van der Waals surface area contributed by atoms with Crippen LogP contribution in [0.3, 0.4) is 0 Å². The van der Waals surface area contributed by atoms with Gasteiger partial charge in [-0.1, -0.05) is 0 Å². The van der Waals surface area contributed by atoms with E-state index in [9.17, 15) is 0 Å². The molecule has 0 aliphatic carbocycles. The molecule has 1 aliphatic rings. The molecule has 23 heavy (non-hydrogen) atoms. The summed E-state index contributed by atoms with van der Waals surface area (Å²) >= 11 is 0. The molecule has 3 aromatic heterocycles. The quantitative estimate of drug-likeness (QED) is 0.783. The minimum Gasteiger partial charge on any atom is -0.352 e. The van der Waals surface area contributed by atoms with Gasteiger partial charge in [0.15, 0.2) is 5.65 Å². The fraction of sp³-hybridized carbons (Fsp3) is 0.353. The molecule has 1 saturated heterocycles. The highest BCUT2D eigenvalue weighted by Crippen LogP contribution is 2.25. The van der Waals surface area contributed by atoms with Crippen LogP contribution >= 0.6 is 0 Å². The largest absolute Gasteiger partial charge is 0.352 e. The summed E-state index contributed by atoms with van der Waals surface area (Å²) in [6.45, 7) is 7.16. The number of fused-ring (bicyclic) bond motifs is 1. The van der Waals surface area contributed by atoms with Crippen molar-refractivity contribution in [2.45, 2.75) is 19.9 Å². The van der Waals surface area contributed by atoms with Gasteiger partial charge < -0.3 is 10.2 Å². The molecular formula is C17H20N6. The van der Waals surface area contributed by atoms with Gasteiger partial charge in [-0.05, 0) is 38.1 Å². The lowest BCUT2D eigenvalue weighted by atomic mass is 10.2. The van der Waals surface area contributed by atoms with Crippen LogP contribution in [0.1, 0.15) is 12.6 Å². The van der Waals surface area contributed by atoms with Gasteiger partial charge in [0, 0.05) is 43.6 Å². The number of imidazole rings is 1. The van der Waals surface area contributed by atoms with Gasteiger partial charge >= 0.3 is 0 Å². The Morgan fingerprint density at radius 3 is 2.78 bits per heavy atom. The normalized spacial score (nSPS) is 18.5. The Morgan fingerprint density at radius 1 is 1.17 bits per heavy atom. The van der Waals surface area contributed by atoms with E-state index in [4.69, 9.17) is 5.10 Å². The third-order valence-electron chi connectivity index (χ3n) is 4.28. The van der Waals surface area contributed by atoms with Gasteiger partial charge in [0.05, 0.1) is 11.4 Å². The van der Waals surface area contributed by atoms with E-state index in [1.807, 2.05) is 29.6 Å². The van der Waals surface area contributed by atoms with Crippen LogP contribution in [0, 0.1) is 6.92 Å². The number of pyridine rings is 1. The van der Waals surface area contributed by atoms with Crippen molar-refractivity contribution in [2.75, 3.05) is 24.5 Å². The highest BCUT2D eigenvalue weighted by molar-refractivity contribution is 5.66. The number of hydrogen-bond acceptors (Lipinski definition) is 5. The molecule has 118 valence electrons. The summed E-state index contributed by atoms with van der Waals surface area (Å²) in [5.41, 5.74) is 3.98. The first-order valence-corrected chi connectivity index (χ1v) is 7.97. The van der Waals surface area contributed by atoms with Crippen LogP contribution in [0.25, 0.3) is 16.9 Å². The molecule has 6 heteroatoms. The number of aryl methyl sites for hydroxylation is 1. The monoisotopic (exact) mass is 308 g/mol. The molecule has 6 nitrogen and oxygen atoms in total. The molecule has 0 amide bonds. The molecule has 4 rings (SSSR count). The van der Waals surface area contributed by atoms with E-state index in [0.29, 0.717) is 6.04 Å². The molecule has 1 N–H and O–H groups in total. The zero-order chi connectivity index (χ0) is 15.8. The maximum Gasteiger partial charge on any atom is 0.154 e. The Balaban J connectivity index is 1.81. The van der Waals surface area contributed by atoms with Crippen LogP contribution in [0.15, 0.2) is 36.7 Å². The van der Waals surface area contributed by atoms with Crippen molar-refractivity contribution < 1.29 is 0 Å². The van der Waals surface area contributed by atoms with Crippen LogP contribution < -0.4 is 10.2 Å². The minimum absolute atomic E-state index is 0.477. The number of nitrogens with one attached hydrogen (secondary N) is 1. The van der Waals surface area contributed by atoms with Gasteiger partial charge in [0.25, 0.3) is 0 Å². The lowest BCUT2D eigenvalue weighted by molar-refractivity contribution is 0.481. The second-order valence-corrected chi connectivity index (χ2v) is 6.04. The Labute approximate surface area is 135 Å². The van der Waals surface area contributed by atoms with E-state index in [-0.39, 0.29) is 0 Å². The van der Waals surface area contributed by atoms with E-state index in [1.165, 1.54) is 0 Å². The third-order valence-corrected chi connectivity index (χ3v) is 4.28. The zero-order valence-electron chi connectivity index (χ0n) is 13.4. The molecule has 0 unspecified atom stereocenters. The van der Waals surface area contributed by atoms with Gasteiger partial charge in [-0.3, -0.25) is 4.98 Å². The molecule has 0 aromatic carbocycles. The summed E-state index contributed by atoms with van der Waals surface area (Å²) in [7, 11) is 0. The van der Waals surface area contributed by atoms with Crippen LogP contribution in [0.2, 0.25) is 0 Å². The fourth-order valence-corrected chi connectivity index (χ4v) is 3.18. The molecule has 1 aliphatic heterocycles. The predicted molar refractivity (Wildman–Crippen MR) is 90.6 cm³/mol. The first-order chi connectivity index (χ1) is 11.2. The Kier molecular flexibility index (Phi) is 3.46. The maximum atomic E-state index is 4.86. The lowest BCUT2D eigenvalue weighted by Gasteiger charge is -2.32. The second-order valence-electron chi connectivity index (χ2n) is 6.04. The van der Waals surface area contributed by atoms with E-state index >= 15 is 0 Å². The van der Waals surface area contributed by atoms with E-state index in [0.717, 1.165) is 48.1 Å². The highest BCUT2D eigenvalue weighted by Gasteiger charge is 2.19. The van der Waals surface area contributed by atoms with Crippen molar-refractivity contribution >= 4 is 11.5 Å². The summed E-state index contributed by atoms with van der Waals surface area (Å²) in [5.74, 6) is 0.999. The zero-order valence-corrected chi connectivity index (χ0v) is 13.4. The summed E-state index contributed by atoms with van der Waals surface area (Å²) in [6, 6.07) is 8.59. The molecule has 0 radical (unpaired) electrons.